The molecular formula is C27H30N4O6. The lowest BCUT2D eigenvalue weighted by Gasteiger charge is -2.29. The van der Waals surface area contributed by atoms with Gasteiger partial charge in [-0.3, -0.25) is 29.4 Å². The van der Waals surface area contributed by atoms with E-state index in [9.17, 15) is 19.2 Å². The van der Waals surface area contributed by atoms with Crippen LogP contribution in [0.5, 0.6) is 11.5 Å². The normalized spacial score (nSPS) is 25.9. The molecule has 0 radical (unpaired) electrons. The Morgan fingerprint density at radius 1 is 1.05 bits per heavy atom. The zero-order valence-electron chi connectivity index (χ0n) is 21.0. The quantitative estimate of drug-likeness (QED) is 0.458. The first-order valence-electron chi connectivity index (χ1n) is 12.3. The number of primary amides is 1. The molecule has 0 bridgehead atoms. The number of nitrogens with one attached hydrogen (secondary N) is 2. The Labute approximate surface area is 214 Å². The van der Waals surface area contributed by atoms with Gasteiger partial charge in [-0.1, -0.05) is 23.8 Å². The number of likely N-dealkylation sites (tertiary alicyclic amines) is 1. The van der Waals surface area contributed by atoms with Crippen molar-refractivity contribution in [2.75, 3.05) is 26.1 Å². The van der Waals surface area contributed by atoms with E-state index in [2.05, 4.69) is 10.6 Å². The molecule has 3 heterocycles. The third-order valence-electron chi connectivity index (χ3n) is 7.74. The maximum atomic E-state index is 13.9. The number of amides is 4. The molecule has 10 heteroatoms. The number of benzene rings is 2. The summed E-state index contributed by atoms with van der Waals surface area (Å²) in [6.07, 6.45) is 0.688. The number of anilines is 1. The van der Waals surface area contributed by atoms with Gasteiger partial charge in [0.05, 0.1) is 26.1 Å². The summed E-state index contributed by atoms with van der Waals surface area (Å²) in [7, 11) is 3.09. The van der Waals surface area contributed by atoms with Crippen LogP contribution in [0, 0.1) is 18.8 Å². The molecule has 4 amide bonds. The number of carbonyl (C=O) groups excluding carboxylic acids is 4. The number of imide groups is 1. The molecule has 0 saturated carbocycles. The number of methoxy groups -OCH3 is 2. The van der Waals surface area contributed by atoms with Gasteiger partial charge < -0.3 is 20.5 Å². The number of fused-ring (bicyclic) bond motifs is 4. The Morgan fingerprint density at radius 2 is 1.81 bits per heavy atom. The minimum Gasteiger partial charge on any atom is -0.493 e. The molecule has 2 aromatic rings. The molecule has 4 N–H and O–H groups in total. The Kier molecular flexibility index (Phi) is 6.15. The fourth-order valence-corrected chi connectivity index (χ4v) is 6.02. The molecule has 2 saturated heterocycles. The van der Waals surface area contributed by atoms with Crippen molar-refractivity contribution in [1.82, 2.24) is 10.2 Å². The van der Waals surface area contributed by atoms with Gasteiger partial charge in [-0.25, -0.2) is 0 Å². The zero-order valence-corrected chi connectivity index (χ0v) is 21.0. The van der Waals surface area contributed by atoms with Crippen molar-refractivity contribution in [1.29, 1.82) is 0 Å². The van der Waals surface area contributed by atoms with Crippen LogP contribution >= 0.6 is 0 Å². The van der Waals surface area contributed by atoms with Crippen molar-refractivity contribution in [3.8, 4) is 11.5 Å². The van der Waals surface area contributed by atoms with E-state index in [-0.39, 0.29) is 31.2 Å². The minimum atomic E-state index is -1.39. The van der Waals surface area contributed by atoms with Crippen LogP contribution in [-0.2, 0) is 31.1 Å². The van der Waals surface area contributed by atoms with Gasteiger partial charge in [0.15, 0.2) is 11.5 Å². The molecule has 2 fully saturated rings. The predicted octanol–water partition coefficient (Wildman–Crippen LogP) is 1.24. The molecular weight excluding hydrogens is 476 g/mol. The number of nitrogens with two attached hydrogens (primary N) is 1. The summed E-state index contributed by atoms with van der Waals surface area (Å²) in [5.41, 5.74) is 7.06. The first-order chi connectivity index (χ1) is 17.7. The lowest BCUT2D eigenvalue weighted by atomic mass is 9.76. The van der Waals surface area contributed by atoms with E-state index in [1.54, 1.807) is 26.4 Å². The topological polar surface area (TPSA) is 140 Å². The Bertz CT molecular complexity index is 1310. The fraction of sp³-hybridized carbons (Fsp3) is 0.407. The van der Waals surface area contributed by atoms with Crippen LogP contribution in [0.25, 0.3) is 0 Å². The smallest absolute Gasteiger partial charge is 0.250 e. The van der Waals surface area contributed by atoms with Crippen molar-refractivity contribution in [2.24, 2.45) is 17.6 Å². The molecule has 3 aliphatic heterocycles. The summed E-state index contributed by atoms with van der Waals surface area (Å²) < 4.78 is 10.7. The maximum Gasteiger partial charge on any atom is 0.250 e. The van der Waals surface area contributed by atoms with E-state index in [0.29, 0.717) is 29.2 Å². The standard InChI is InChI=1S/C27H30N4O6/c1-14-4-6-17-16(12-14)27(26(35)29-17)23-22(18(30-27)7-9-21(28)32)24(33)31(25(23)34)11-10-15-5-8-19(36-2)20(13-15)37-3/h4-6,8,12-13,18,22-23,30H,7,9-11H2,1-3H3,(H2,28,32)(H,29,35)/t18-,22+,23-,27+/m0/s1. The molecule has 194 valence electrons. The molecule has 0 aromatic heterocycles. The monoisotopic (exact) mass is 506 g/mol. The van der Waals surface area contributed by atoms with Gasteiger partial charge >= 0.3 is 0 Å². The molecule has 1 spiro atoms. The summed E-state index contributed by atoms with van der Waals surface area (Å²) in [5, 5.41) is 6.21. The Hall–Kier alpha value is -3.92. The summed E-state index contributed by atoms with van der Waals surface area (Å²) in [4.78, 5) is 53.9. The van der Waals surface area contributed by atoms with Crippen LogP contribution in [-0.4, -0.2) is 55.3 Å². The summed E-state index contributed by atoms with van der Waals surface area (Å²) in [6, 6.07) is 10.4. The molecule has 4 atom stereocenters. The lowest BCUT2D eigenvalue weighted by Crippen LogP contribution is -2.53. The number of aryl methyl sites for hydroxylation is 1. The highest BCUT2D eigenvalue weighted by Gasteiger charge is 2.70. The van der Waals surface area contributed by atoms with Crippen LogP contribution in [0.3, 0.4) is 0 Å². The van der Waals surface area contributed by atoms with Gasteiger partial charge in [0, 0.05) is 30.3 Å². The van der Waals surface area contributed by atoms with Crippen LogP contribution in [0.1, 0.15) is 29.5 Å². The van der Waals surface area contributed by atoms with Gasteiger partial charge in [-0.05, 0) is 43.5 Å². The second kappa shape index (κ2) is 9.19. The van der Waals surface area contributed by atoms with Crippen LogP contribution in [0.4, 0.5) is 5.69 Å². The van der Waals surface area contributed by atoms with Crippen molar-refractivity contribution >= 4 is 29.3 Å². The minimum absolute atomic E-state index is 0.0341. The van der Waals surface area contributed by atoms with Crippen LogP contribution < -0.4 is 25.8 Å². The second-order valence-corrected chi connectivity index (χ2v) is 9.84. The summed E-state index contributed by atoms with van der Waals surface area (Å²) in [6.45, 7) is 2.06. The van der Waals surface area contributed by atoms with Gasteiger partial charge in [-0.15, -0.1) is 0 Å². The van der Waals surface area contributed by atoms with Gasteiger partial charge in [0.1, 0.15) is 5.54 Å². The lowest BCUT2D eigenvalue weighted by molar-refractivity contribution is -0.142. The second-order valence-electron chi connectivity index (χ2n) is 9.84. The average molecular weight is 507 g/mol. The Balaban J connectivity index is 1.48. The first-order valence-corrected chi connectivity index (χ1v) is 12.3. The van der Waals surface area contributed by atoms with E-state index in [1.807, 2.05) is 31.2 Å². The van der Waals surface area contributed by atoms with Crippen LogP contribution in [0.15, 0.2) is 36.4 Å². The highest BCUT2D eigenvalue weighted by molar-refractivity contribution is 6.15. The summed E-state index contributed by atoms with van der Waals surface area (Å²) in [5.74, 6) is -2.18. The number of rotatable bonds is 8. The van der Waals surface area contributed by atoms with Crippen LogP contribution in [0.2, 0.25) is 0 Å². The number of hydrogen-bond acceptors (Lipinski definition) is 7. The number of carbonyl (C=O) groups is 4. The van der Waals surface area contributed by atoms with Gasteiger partial charge in [0.25, 0.3) is 0 Å². The molecule has 37 heavy (non-hydrogen) atoms. The molecule has 2 aromatic carbocycles. The van der Waals surface area contributed by atoms with Crippen molar-refractivity contribution in [3.63, 3.8) is 0 Å². The van der Waals surface area contributed by atoms with E-state index in [1.165, 1.54) is 4.90 Å². The van der Waals surface area contributed by atoms with Crippen molar-refractivity contribution in [3.05, 3.63) is 53.1 Å². The highest BCUT2D eigenvalue weighted by Crippen LogP contribution is 2.53. The van der Waals surface area contributed by atoms with E-state index in [0.717, 1.165) is 11.1 Å². The predicted molar refractivity (Wildman–Crippen MR) is 134 cm³/mol. The molecule has 3 aliphatic rings. The van der Waals surface area contributed by atoms with Gasteiger partial charge in [0.2, 0.25) is 23.6 Å². The summed E-state index contributed by atoms with van der Waals surface area (Å²) >= 11 is 0. The Morgan fingerprint density at radius 3 is 2.51 bits per heavy atom. The molecule has 0 aliphatic carbocycles. The molecule has 5 rings (SSSR count). The van der Waals surface area contributed by atoms with E-state index in [4.69, 9.17) is 15.2 Å². The first kappa shape index (κ1) is 24.8. The molecule has 0 unspecified atom stereocenters. The maximum absolute atomic E-state index is 13.9. The van der Waals surface area contributed by atoms with E-state index >= 15 is 0 Å². The fourth-order valence-electron chi connectivity index (χ4n) is 6.02. The number of nitrogens with zero attached hydrogens (tertiary/aromatic N) is 1. The molecule has 10 nitrogen and oxygen atoms in total. The van der Waals surface area contributed by atoms with Gasteiger partial charge in [-0.2, -0.15) is 0 Å². The number of ether oxygens (including phenoxy) is 2. The third kappa shape index (κ3) is 3.83. The largest absolute Gasteiger partial charge is 0.493 e. The van der Waals surface area contributed by atoms with Crippen molar-refractivity contribution < 1.29 is 28.7 Å². The highest BCUT2D eigenvalue weighted by atomic mass is 16.5. The number of hydrogen-bond donors (Lipinski definition) is 3. The SMILES string of the molecule is COc1ccc(CCN2C(=O)[C@@H]3[C@H](CCC(N)=O)N[C@@]4(C(=O)Nc5ccc(C)cc54)[C@@H]3C2=O)cc1OC. The average Bonchev–Trinajstić information content (AvgIpc) is 3.45. The zero-order chi connectivity index (χ0) is 26.5. The van der Waals surface area contributed by atoms with Crippen molar-refractivity contribution in [2.45, 2.75) is 37.8 Å². The third-order valence-corrected chi connectivity index (χ3v) is 7.74. The van der Waals surface area contributed by atoms with E-state index < -0.39 is 35.2 Å².